The van der Waals surface area contributed by atoms with Crippen LogP contribution in [0.5, 0.6) is 0 Å². The number of carbonyl (C=O) groups excluding carboxylic acids is 1. The van der Waals surface area contributed by atoms with E-state index in [4.69, 9.17) is 10.5 Å². The maximum atomic E-state index is 10.8. The zero-order valence-electron chi connectivity index (χ0n) is 8.34. The van der Waals surface area contributed by atoms with E-state index in [-0.39, 0.29) is 5.91 Å². The third-order valence-corrected chi connectivity index (χ3v) is 1.60. The molecule has 0 unspecified atom stereocenters. The molecule has 4 nitrogen and oxygen atoms in total. The maximum Gasteiger partial charge on any atom is 0.219 e. The number of carbonyl (C=O) groups is 1. The van der Waals surface area contributed by atoms with Gasteiger partial charge in [0.1, 0.15) is 0 Å². The van der Waals surface area contributed by atoms with E-state index in [0.717, 1.165) is 19.4 Å². The Morgan fingerprint density at radius 1 is 1.38 bits per heavy atom. The summed E-state index contributed by atoms with van der Waals surface area (Å²) in [5.41, 5.74) is 5.29. The molecule has 0 atom stereocenters. The van der Waals surface area contributed by atoms with Gasteiger partial charge in [-0.05, 0) is 19.4 Å². The zero-order chi connectivity index (χ0) is 9.94. The Morgan fingerprint density at radius 2 is 2.08 bits per heavy atom. The molecular formula is C9H20N2O2. The lowest BCUT2D eigenvalue weighted by Crippen LogP contribution is -2.24. The first-order valence-electron chi connectivity index (χ1n) is 4.85. The zero-order valence-corrected chi connectivity index (χ0v) is 8.34. The molecule has 0 rings (SSSR count). The van der Waals surface area contributed by atoms with Crippen LogP contribution in [-0.4, -0.2) is 32.2 Å². The van der Waals surface area contributed by atoms with E-state index in [2.05, 4.69) is 5.32 Å². The van der Waals surface area contributed by atoms with Crippen molar-refractivity contribution < 1.29 is 9.53 Å². The Labute approximate surface area is 79.8 Å². The Bertz CT molecular complexity index is 129. The lowest BCUT2D eigenvalue weighted by molar-refractivity contribution is -0.120. The number of ether oxygens (including phenoxy) is 1. The van der Waals surface area contributed by atoms with Crippen LogP contribution in [-0.2, 0) is 9.53 Å². The molecule has 0 saturated carbocycles. The van der Waals surface area contributed by atoms with Crippen molar-refractivity contribution in [2.75, 3.05) is 26.3 Å². The molecule has 0 aliphatic carbocycles. The predicted molar refractivity (Wildman–Crippen MR) is 52.4 cm³/mol. The maximum absolute atomic E-state index is 10.8. The van der Waals surface area contributed by atoms with Crippen molar-refractivity contribution in [2.45, 2.75) is 26.2 Å². The van der Waals surface area contributed by atoms with E-state index in [9.17, 15) is 4.79 Å². The molecule has 0 aromatic rings. The summed E-state index contributed by atoms with van der Waals surface area (Å²) in [7, 11) is 0. The molecule has 0 spiro atoms. The molecule has 1 amide bonds. The van der Waals surface area contributed by atoms with Gasteiger partial charge in [0.15, 0.2) is 0 Å². The molecule has 4 heteroatoms. The average Bonchev–Trinajstić information content (AvgIpc) is 2.16. The molecule has 0 aliphatic heterocycles. The van der Waals surface area contributed by atoms with Gasteiger partial charge in [-0.15, -0.1) is 0 Å². The van der Waals surface area contributed by atoms with Crippen LogP contribution in [0.3, 0.4) is 0 Å². The standard InChI is InChI=1S/C9H20N2O2/c1-2-9(12)11-6-4-8-13-7-3-5-10/h2-8,10H2,1H3,(H,11,12). The topological polar surface area (TPSA) is 64.3 Å². The van der Waals surface area contributed by atoms with Gasteiger partial charge < -0.3 is 15.8 Å². The predicted octanol–water partition coefficient (Wildman–Crippen LogP) is 0.268. The summed E-state index contributed by atoms with van der Waals surface area (Å²) in [5.74, 6) is 0.0990. The Kier molecular flexibility index (Phi) is 9.03. The Morgan fingerprint density at radius 3 is 2.69 bits per heavy atom. The third kappa shape index (κ3) is 9.30. The smallest absolute Gasteiger partial charge is 0.219 e. The van der Waals surface area contributed by atoms with Crippen LogP contribution in [0.15, 0.2) is 0 Å². The molecule has 0 aromatic carbocycles. The molecule has 0 aromatic heterocycles. The van der Waals surface area contributed by atoms with E-state index in [0.29, 0.717) is 26.1 Å². The van der Waals surface area contributed by atoms with Crippen LogP contribution >= 0.6 is 0 Å². The van der Waals surface area contributed by atoms with Gasteiger partial charge in [-0.1, -0.05) is 6.92 Å². The van der Waals surface area contributed by atoms with Crippen molar-refractivity contribution in [1.29, 1.82) is 0 Å². The summed E-state index contributed by atoms with van der Waals surface area (Å²) < 4.78 is 5.26. The van der Waals surface area contributed by atoms with Crippen LogP contribution < -0.4 is 11.1 Å². The van der Waals surface area contributed by atoms with Gasteiger partial charge in [-0.2, -0.15) is 0 Å². The highest BCUT2D eigenvalue weighted by molar-refractivity contribution is 5.75. The molecular weight excluding hydrogens is 168 g/mol. The Hall–Kier alpha value is -0.610. The molecule has 0 heterocycles. The second-order valence-electron chi connectivity index (χ2n) is 2.81. The normalized spacial score (nSPS) is 10.0. The van der Waals surface area contributed by atoms with Gasteiger partial charge in [-0.25, -0.2) is 0 Å². The van der Waals surface area contributed by atoms with E-state index < -0.39 is 0 Å². The monoisotopic (exact) mass is 188 g/mol. The van der Waals surface area contributed by atoms with Crippen molar-refractivity contribution in [2.24, 2.45) is 5.73 Å². The SMILES string of the molecule is CCC(=O)NCCCOCCCN. The van der Waals surface area contributed by atoms with Crippen molar-refractivity contribution in [3.05, 3.63) is 0 Å². The van der Waals surface area contributed by atoms with Crippen molar-refractivity contribution in [3.8, 4) is 0 Å². The molecule has 0 radical (unpaired) electrons. The number of hydrogen-bond acceptors (Lipinski definition) is 3. The number of amides is 1. The van der Waals surface area contributed by atoms with E-state index in [1.807, 2.05) is 6.92 Å². The van der Waals surface area contributed by atoms with E-state index in [1.54, 1.807) is 0 Å². The van der Waals surface area contributed by atoms with E-state index in [1.165, 1.54) is 0 Å². The minimum absolute atomic E-state index is 0.0990. The summed E-state index contributed by atoms with van der Waals surface area (Å²) in [6.07, 6.45) is 2.33. The molecule has 0 saturated heterocycles. The van der Waals surface area contributed by atoms with Gasteiger partial charge in [-0.3, -0.25) is 4.79 Å². The first-order chi connectivity index (χ1) is 6.31. The second kappa shape index (κ2) is 9.48. The van der Waals surface area contributed by atoms with Gasteiger partial charge >= 0.3 is 0 Å². The average molecular weight is 188 g/mol. The van der Waals surface area contributed by atoms with Crippen LogP contribution in [0.4, 0.5) is 0 Å². The second-order valence-corrected chi connectivity index (χ2v) is 2.81. The van der Waals surface area contributed by atoms with Gasteiger partial charge in [0, 0.05) is 26.2 Å². The molecule has 78 valence electrons. The van der Waals surface area contributed by atoms with Gasteiger partial charge in [0.05, 0.1) is 0 Å². The van der Waals surface area contributed by atoms with Crippen LogP contribution in [0.2, 0.25) is 0 Å². The lowest BCUT2D eigenvalue weighted by Gasteiger charge is -2.04. The number of rotatable bonds is 8. The molecule has 0 aliphatic rings. The first-order valence-corrected chi connectivity index (χ1v) is 4.85. The summed E-state index contributed by atoms with van der Waals surface area (Å²) in [5, 5.41) is 2.78. The number of hydrogen-bond donors (Lipinski definition) is 2. The lowest BCUT2D eigenvalue weighted by atomic mass is 10.4. The third-order valence-electron chi connectivity index (χ3n) is 1.60. The minimum Gasteiger partial charge on any atom is -0.381 e. The van der Waals surface area contributed by atoms with Crippen LogP contribution in [0.25, 0.3) is 0 Å². The molecule has 3 N–H and O–H groups in total. The quantitative estimate of drug-likeness (QED) is 0.537. The fraction of sp³-hybridized carbons (Fsp3) is 0.889. The Balaban J connectivity index is 2.95. The molecule has 0 fully saturated rings. The van der Waals surface area contributed by atoms with Gasteiger partial charge in [0.25, 0.3) is 0 Å². The number of nitrogens with one attached hydrogen (secondary N) is 1. The summed E-state index contributed by atoms with van der Waals surface area (Å²) in [6.45, 7) is 4.64. The van der Waals surface area contributed by atoms with Gasteiger partial charge in [0.2, 0.25) is 5.91 Å². The summed E-state index contributed by atoms with van der Waals surface area (Å²) in [4.78, 5) is 10.8. The van der Waals surface area contributed by atoms with Crippen LogP contribution in [0.1, 0.15) is 26.2 Å². The molecule has 13 heavy (non-hydrogen) atoms. The minimum atomic E-state index is 0.0990. The fourth-order valence-electron chi connectivity index (χ4n) is 0.814. The number of nitrogens with two attached hydrogens (primary N) is 1. The first kappa shape index (κ1) is 12.4. The van der Waals surface area contributed by atoms with Crippen molar-refractivity contribution >= 4 is 5.91 Å². The van der Waals surface area contributed by atoms with Crippen LogP contribution in [0, 0.1) is 0 Å². The molecule has 0 bridgehead atoms. The largest absolute Gasteiger partial charge is 0.381 e. The highest BCUT2D eigenvalue weighted by Crippen LogP contribution is 1.84. The fourth-order valence-corrected chi connectivity index (χ4v) is 0.814. The van der Waals surface area contributed by atoms with Crippen molar-refractivity contribution in [3.63, 3.8) is 0 Å². The van der Waals surface area contributed by atoms with Crippen molar-refractivity contribution in [1.82, 2.24) is 5.32 Å². The van der Waals surface area contributed by atoms with E-state index >= 15 is 0 Å². The summed E-state index contributed by atoms with van der Waals surface area (Å²) >= 11 is 0. The highest BCUT2D eigenvalue weighted by atomic mass is 16.5. The highest BCUT2D eigenvalue weighted by Gasteiger charge is 1.94. The summed E-state index contributed by atoms with van der Waals surface area (Å²) in [6, 6.07) is 0.